The number of carbonyl (C=O) groups is 1. The summed E-state index contributed by atoms with van der Waals surface area (Å²) in [4.78, 5) is 11.3. The van der Waals surface area contributed by atoms with E-state index in [1.54, 1.807) is 6.92 Å². The van der Waals surface area contributed by atoms with Crippen molar-refractivity contribution in [2.24, 2.45) is 5.92 Å². The van der Waals surface area contributed by atoms with Gasteiger partial charge in [0.05, 0.1) is 11.1 Å². The summed E-state index contributed by atoms with van der Waals surface area (Å²) in [6, 6.07) is 1.42. The zero-order chi connectivity index (χ0) is 16.4. The van der Waals surface area contributed by atoms with Crippen LogP contribution in [0.5, 0.6) is 0 Å². The van der Waals surface area contributed by atoms with Crippen molar-refractivity contribution >= 4 is 5.78 Å². The summed E-state index contributed by atoms with van der Waals surface area (Å²) in [5.41, 5.74) is -2.85. The Kier molecular flexibility index (Phi) is 5.07. The van der Waals surface area contributed by atoms with Crippen LogP contribution in [0.1, 0.15) is 37.0 Å². The number of halogens is 6. The van der Waals surface area contributed by atoms with Gasteiger partial charge in [-0.1, -0.05) is 6.92 Å². The largest absolute Gasteiger partial charge is 0.416 e. The standard InChI is InChI=1S/C14H14F6O/c1-3-10(8(2)21)4-9-5-11(13(15,16)17)7-12(6-9)14(18,19)20/h5-7,10H,3-4H2,1-2H3. The fraction of sp³-hybridized carbons (Fsp3) is 0.500. The molecule has 0 aliphatic heterocycles. The molecule has 0 saturated carbocycles. The van der Waals surface area contributed by atoms with E-state index in [0.717, 1.165) is 0 Å². The topological polar surface area (TPSA) is 17.1 Å². The van der Waals surface area contributed by atoms with E-state index in [1.807, 2.05) is 0 Å². The molecule has 0 fully saturated rings. The summed E-state index contributed by atoms with van der Waals surface area (Å²) >= 11 is 0. The number of benzene rings is 1. The number of hydrogen-bond donors (Lipinski definition) is 0. The van der Waals surface area contributed by atoms with E-state index in [2.05, 4.69) is 0 Å². The quantitative estimate of drug-likeness (QED) is 0.724. The minimum Gasteiger partial charge on any atom is -0.300 e. The first-order valence-corrected chi connectivity index (χ1v) is 6.24. The maximum absolute atomic E-state index is 12.7. The highest BCUT2D eigenvalue weighted by Gasteiger charge is 2.37. The molecule has 0 aliphatic rings. The Bertz CT molecular complexity index is 483. The SMILES string of the molecule is CCC(Cc1cc(C(F)(F)F)cc(C(F)(F)F)c1)C(C)=O. The molecule has 21 heavy (non-hydrogen) atoms. The van der Waals surface area contributed by atoms with Crippen LogP contribution in [0.3, 0.4) is 0 Å². The first-order valence-electron chi connectivity index (χ1n) is 6.24. The van der Waals surface area contributed by atoms with Crippen LogP contribution in [0.4, 0.5) is 26.3 Å². The van der Waals surface area contributed by atoms with Gasteiger partial charge in [0.25, 0.3) is 0 Å². The zero-order valence-electron chi connectivity index (χ0n) is 11.4. The second-order valence-corrected chi connectivity index (χ2v) is 4.83. The minimum absolute atomic E-state index is 0.0816. The molecule has 1 unspecified atom stereocenters. The maximum Gasteiger partial charge on any atom is 0.416 e. The van der Waals surface area contributed by atoms with E-state index >= 15 is 0 Å². The van der Waals surface area contributed by atoms with Gasteiger partial charge in [-0.15, -0.1) is 0 Å². The number of hydrogen-bond acceptors (Lipinski definition) is 1. The van der Waals surface area contributed by atoms with Gasteiger partial charge in [-0.2, -0.15) is 26.3 Å². The molecule has 7 heteroatoms. The van der Waals surface area contributed by atoms with Gasteiger partial charge < -0.3 is 0 Å². The molecule has 1 rings (SSSR count). The summed E-state index contributed by atoms with van der Waals surface area (Å²) < 4.78 is 76.1. The predicted molar refractivity (Wildman–Crippen MR) is 64.6 cm³/mol. The molecule has 0 aromatic heterocycles. The van der Waals surface area contributed by atoms with E-state index in [1.165, 1.54) is 6.92 Å². The number of ketones is 1. The fourth-order valence-electron chi connectivity index (χ4n) is 2.00. The van der Waals surface area contributed by atoms with Gasteiger partial charge in [-0.05, 0) is 43.5 Å². The summed E-state index contributed by atoms with van der Waals surface area (Å²) in [5, 5.41) is 0. The van der Waals surface area contributed by atoms with Crippen LogP contribution >= 0.6 is 0 Å². The Morgan fingerprint density at radius 3 is 1.71 bits per heavy atom. The lowest BCUT2D eigenvalue weighted by molar-refractivity contribution is -0.143. The lowest BCUT2D eigenvalue weighted by Gasteiger charge is -2.16. The number of Topliss-reactive ketones (excluding diaryl/α,β-unsaturated/α-hetero) is 1. The summed E-state index contributed by atoms with van der Waals surface area (Å²) in [6.45, 7) is 2.93. The van der Waals surface area contributed by atoms with Crippen LogP contribution in [0.25, 0.3) is 0 Å². The summed E-state index contributed by atoms with van der Waals surface area (Å²) in [5.74, 6) is -0.849. The van der Waals surface area contributed by atoms with Crippen molar-refractivity contribution in [3.63, 3.8) is 0 Å². The van der Waals surface area contributed by atoms with Gasteiger partial charge in [-0.25, -0.2) is 0 Å². The molecule has 0 aliphatic carbocycles. The fourth-order valence-corrected chi connectivity index (χ4v) is 2.00. The van der Waals surface area contributed by atoms with Crippen molar-refractivity contribution < 1.29 is 31.1 Å². The molecule has 0 saturated heterocycles. The van der Waals surface area contributed by atoms with Gasteiger partial charge in [0.15, 0.2) is 0 Å². The molecule has 1 atom stereocenters. The Labute approximate surface area is 118 Å². The molecule has 0 bridgehead atoms. The average molecular weight is 312 g/mol. The highest BCUT2D eigenvalue weighted by molar-refractivity contribution is 5.78. The normalized spacial score (nSPS) is 14.1. The Hall–Kier alpha value is -1.53. The van der Waals surface area contributed by atoms with Crippen LogP contribution in [0, 0.1) is 5.92 Å². The first kappa shape index (κ1) is 17.5. The van der Waals surface area contributed by atoms with E-state index in [0.29, 0.717) is 18.6 Å². The van der Waals surface area contributed by atoms with Crippen molar-refractivity contribution in [2.75, 3.05) is 0 Å². The molecule has 0 heterocycles. The highest BCUT2D eigenvalue weighted by atomic mass is 19.4. The monoisotopic (exact) mass is 312 g/mol. The minimum atomic E-state index is -4.87. The van der Waals surface area contributed by atoms with Crippen molar-refractivity contribution in [3.05, 3.63) is 34.9 Å². The number of carbonyl (C=O) groups excluding carboxylic acids is 1. The van der Waals surface area contributed by atoms with Crippen molar-refractivity contribution in [1.29, 1.82) is 0 Å². The van der Waals surface area contributed by atoms with E-state index in [4.69, 9.17) is 0 Å². The Morgan fingerprint density at radius 1 is 1.00 bits per heavy atom. The molecule has 0 N–H and O–H groups in total. The lowest BCUT2D eigenvalue weighted by atomic mass is 9.91. The van der Waals surface area contributed by atoms with Crippen LogP contribution < -0.4 is 0 Å². The number of alkyl halides is 6. The molecule has 1 nitrogen and oxygen atoms in total. The first-order chi connectivity index (χ1) is 9.45. The maximum atomic E-state index is 12.7. The third-order valence-electron chi connectivity index (χ3n) is 3.20. The zero-order valence-corrected chi connectivity index (χ0v) is 11.4. The molecule has 1 aromatic rings. The highest BCUT2D eigenvalue weighted by Crippen LogP contribution is 2.36. The van der Waals surface area contributed by atoms with E-state index < -0.39 is 29.4 Å². The number of rotatable bonds is 4. The van der Waals surface area contributed by atoms with Gasteiger partial charge >= 0.3 is 12.4 Å². The summed E-state index contributed by atoms with van der Waals surface area (Å²) in [7, 11) is 0. The van der Waals surface area contributed by atoms with Gasteiger partial charge in [0.2, 0.25) is 0 Å². The molecular weight excluding hydrogens is 298 g/mol. The Balaban J connectivity index is 3.29. The second kappa shape index (κ2) is 6.07. The second-order valence-electron chi connectivity index (χ2n) is 4.83. The summed E-state index contributed by atoms with van der Waals surface area (Å²) in [6.07, 6.45) is -9.52. The smallest absolute Gasteiger partial charge is 0.300 e. The average Bonchev–Trinajstić information content (AvgIpc) is 2.33. The van der Waals surface area contributed by atoms with Crippen molar-refractivity contribution in [1.82, 2.24) is 0 Å². The van der Waals surface area contributed by atoms with Gasteiger partial charge in [0.1, 0.15) is 5.78 Å². The molecule has 1 aromatic carbocycles. The third kappa shape index (κ3) is 4.75. The predicted octanol–water partition coefficient (Wildman–Crippen LogP) is 4.88. The van der Waals surface area contributed by atoms with Gasteiger partial charge in [0, 0.05) is 5.92 Å². The molecule has 0 spiro atoms. The van der Waals surface area contributed by atoms with Crippen molar-refractivity contribution in [3.8, 4) is 0 Å². The lowest BCUT2D eigenvalue weighted by Crippen LogP contribution is -2.16. The van der Waals surface area contributed by atoms with Crippen molar-refractivity contribution in [2.45, 2.75) is 39.0 Å². The van der Waals surface area contributed by atoms with Crippen LogP contribution in [0.15, 0.2) is 18.2 Å². The molecular formula is C14H14F6O. The van der Waals surface area contributed by atoms with Crippen LogP contribution in [0.2, 0.25) is 0 Å². The van der Waals surface area contributed by atoms with Crippen LogP contribution in [-0.2, 0) is 23.6 Å². The van der Waals surface area contributed by atoms with Gasteiger partial charge in [-0.3, -0.25) is 4.79 Å². The van der Waals surface area contributed by atoms with Crippen LogP contribution in [-0.4, -0.2) is 5.78 Å². The molecule has 0 amide bonds. The van der Waals surface area contributed by atoms with E-state index in [9.17, 15) is 31.1 Å². The molecule has 118 valence electrons. The third-order valence-corrected chi connectivity index (χ3v) is 3.20. The van der Waals surface area contributed by atoms with E-state index in [-0.39, 0.29) is 23.8 Å². The molecule has 0 radical (unpaired) electrons. The Morgan fingerprint density at radius 2 is 1.43 bits per heavy atom.